The molecule has 0 aliphatic carbocycles. The Labute approximate surface area is 191 Å². The molecule has 0 aromatic heterocycles. The molecule has 1 fully saturated rings. The summed E-state index contributed by atoms with van der Waals surface area (Å²) in [7, 11) is 0. The fourth-order valence-corrected chi connectivity index (χ4v) is 3.33. The zero-order chi connectivity index (χ0) is 22.7. The minimum atomic E-state index is -0.844. The van der Waals surface area contributed by atoms with Crippen LogP contribution in [0.4, 0.5) is 10.5 Å². The number of nitrogens with zero attached hydrogens (tertiary/aromatic N) is 1. The van der Waals surface area contributed by atoms with Gasteiger partial charge in [0.25, 0.3) is 11.8 Å². The number of para-hydroxylation sites is 1. The quantitative estimate of drug-likeness (QED) is 0.254. The van der Waals surface area contributed by atoms with Gasteiger partial charge < -0.3 is 4.74 Å². The van der Waals surface area contributed by atoms with Gasteiger partial charge in [0.1, 0.15) is 11.3 Å². The Kier molecular flexibility index (Phi) is 5.96. The van der Waals surface area contributed by atoms with Crippen LogP contribution in [0.5, 0.6) is 5.75 Å². The van der Waals surface area contributed by atoms with Crippen molar-refractivity contribution in [1.82, 2.24) is 5.32 Å². The molecule has 3 aromatic rings. The van der Waals surface area contributed by atoms with Gasteiger partial charge in [-0.25, -0.2) is 14.5 Å². The number of anilines is 1. The Morgan fingerprint density at radius 1 is 0.875 bits per heavy atom. The number of barbiturate groups is 1. The minimum absolute atomic E-state index is 0.168. The number of carbonyl (C=O) groups is 4. The molecule has 1 saturated heterocycles. The number of hydrogen-bond donors (Lipinski definition) is 1. The first-order chi connectivity index (χ1) is 15.4. The Morgan fingerprint density at radius 2 is 1.53 bits per heavy atom. The molecule has 0 spiro atoms. The van der Waals surface area contributed by atoms with E-state index in [4.69, 9.17) is 4.74 Å². The Hall–Kier alpha value is -4.04. The van der Waals surface area contributed by atoms with Crippen LogP contribution in [0.2, 0.25) is 0 Å². The highest BCUT2D eigenvalue weighted by Crippen LogP contribution is 2.26. The summed E-state index contributed by atoms with van der Waals surface area (Å²) >= 11 is 3.30. The number of ether oxygens (including phenoxy) is 1. The number of carbonyl (C=O) groups excluding carboxylic acids is 4. The number of hydrogen-bond acceptors (Lipinski definition) is 5. The Balaban J connectivity index is 1.67. The largest absolute Gasteiger partial charge is 0.422 e. The number of amides is 4. The van der Waals surface area contributed by atoms with Crippen molar-refractivity contribution in [3.05, 3.63) is 100 Å². The van der Waals surface area contributed by atoms with E-state index in [0.717, 1.165) is 9.37 Å². The van der Waals surface area contributed by atoms with Gasteiger partial charge in [-0.2, -0.15) is 0 Å². The van der Waals surface area contributed by atoms with Crippen LogP contribution < -0.4 is 15.0 Å². The maximum absolute atomic E-state index is 13.0. The molecule has 4 rings (SSSR count). The van der Waals surface area contributed by atoms with Gasteiger partial charge in [0.05, 0.1) is 11.3 Å². The number of esters is 1. The third-order valence-electron chi connectivity index (χ3n) is 4.62. The summed E-state index contributed by atoms with van der Waals surface area (Å²) in [5.41, 5.74) is 0.724. The summed E-state index contributed by atoms with van der Waals surface area (Å²) in [5, 5.41) is 2.17. The first-order valence-electron chi connectivity index (χ1n) is 9.47. The first kappa shape index (κ1) is 21.2. The van der Waals surface area contributed by atoms with Gasteiger partial charge >= 0.3 is 12.0 Å². The van der Waals surface area contributed by atoms with Gasteiger partial charge in [0.2, 0.25) is 0 Å². The fourth-order valence-electron chi connectivity index (χ4n) is 3.06. The standard InChI is InChI=1S/C24H15BrN2O5/c25-17-10-12-18(13-11-17)27-22(29)19(21(28)26-24(27)31)14-16-8-4-5-9-20(16)32-23(30)15-6-2-1-3-7-15/h1-14H,(H,26,28,31)/b19-14-. The van der Waals surface area contributed by atoms with Crippen LogP contribution >= 0.6 is 15.9 Å². The van der Waals surface area contributed by atoms with E-state index in [1.807, 2.05) is 0 Å². The van der Waals surface area contributed by atoms with Crippen molar-refractivity contribution < 1.29 is 23.9 Å². The van der Waals surface area contributed by atoms with E-state index in [1.54, 1.807) is 78.9 Å². The smallest absolute Gasteiger partial charge is 0.343 e. The molecule has 7 nitrogen and oxygen atoms in total. The van der Waals surface area contributed by atoms with Gasteiger partial charge in [-0.3, -0.25) is 14.9 Å². The van der Waals surface area contributed by atoms with Crippen molar-refractivity contribution in [3.63, 3.8) is 0 Å². The molecule has 1 heterocycles. The van der Waals surface area contributed by atoms with Crippen molar-refractivity contribution in [2.24, 2.45) is 0 Å². The van der Waals surface area contributed by atoms with Gasteiger partial charge in [0.15, 0.2) is 0 Å². The monoisotopic (exact) mass is 490 g/mol. The van der Waals surface area contributed by atoms with E-state index in [-0.39, 0.29) is 11.3 Å². The van der Waals surface area contributed by atoms with E-state index >= 15 is 0 Å². The van der Waals surface area contributed by atoms with Crippen molar-refractivity contribution in [2.45, 2.75) is 0 Å². The second kappa shape index (κ2) is 8.99. The number of urea groups is 1. The maximum atomic E-state index is 13.0. The molecule has 158 valence electrons. The highest BCUT2D eigenvalue weighted by molar-refractivity contribution is 9.10. The number of nitrogens with one attached hydrogen (secondary N) is 1. The highest BCUT2D eigenvalue weighted by atomic mass is 79.9. The molecular weight excluding hydrogens is 476 g/mol. The molecule has 0 saturated carbocycles. The van der Waals surface area contributed by atoms with Crippen LogP contribution in [0.1, 0.15) is 15.9 Å². The summed E-state index contributed by atoms with van der Waals surface area (Å²) < 4.78 is 6.25. The predicted molar refractivity (Wildman–Crippen MR) is 121 cm³/mol. The van der Waals surface area contributed by atoms with Crippen LogP contribution in [-0.4, -0.2) is 23.8 Å². The fraction of sp³-hybridized carbons (Fsp3) is 0. The third kappa shape index (κ3) is 4.35. The Bertz CT molecular complexity index is 1250. The molecule has 3 aromatic carbocycles. The van der Waals surface area contributed by atoms with E-state index in [2.05, 4.69) is 21.2 Å². The van der Waals surface area contributed by atoms with Gasteiger partial charge in [0, 0.05) is 10.0 Å². The van der Waals surface area contributed by atoms with E-state index in [0.29, 0.717) is 16.8 Å². The zero-order valence-corrected chi connectivity index (χ0v) is 18.0. The molecule has 0 atom stereocenters. The third-order valence-corrected chi connectivity index (χ3v) is 5.15. The number of halogens is 1. The predicted octanol–water partition coefficient (Wildman–Crippen LogP) is 4.33. The lowest BCUT2D eigenvalue weighted by atomic mass is 10.1. The van der Waals surface area contributed by atoms with Crippen molar-refractivity contribution in [1.29, 1.82) is 0 Å². The molecule has 1 aliphatic heterocycles. The molecular formula is C24H15BrN2O5. The maximum Gasteiger partial charge on any atom is 0.343 e. The van der Waals surface area contributed by atoms with E-state index < -0.39 is 23.8 Å². The van der Waals surface area contributed by atoms with Crippen LogP contribution in [0, 0.1) is 0 Å². The summed E-state index contributed by atoms with van der Waals surface area (Å²) in [4.78, 5) is 51.1. The molecule has 8 heteroatoms. The average Bonchev–Trinajstić information content (AvgIpc) is 2.79. The van der Waals surface area contributed by atoms with Crippen LogP contribution in [0.15, 0.2) is 88.9 Å². The summed E-state index contributed by atoms with van der Waals surface area (Å²) in [6.07, 6.45) is 1.30. The lowest BCUT2D eigenvalue weighted by Crippen LogP contribution is -2.54. The first-order valence-corrected chi connectivity index (χ1v) is 10.3. The molecule has 0 unspecified atom stereocenters. The lowest BCUT2D eigenvalue weighted by Gasteiger charge is -2.26. The second-order valence-corrected chi connectivity index (χ2v) is 7.64. The van der Waals surface area contributed by atoms with Crippen LogP contribution in [0.25, 0.3) is 6.08 Å². The zero-order valence-electron chi connectivity index (χ0n) is 16.4. The lowest BCUT2D eigenvalue weighted by molar-refractivity contribution is -0.122. The topological polar surface area (TPSA) is 92.8 Å². The van der Waals surface area contributed by atoms with E-state index in [1.165, 1.54) is 6.08 Å². The number of benzene rings is 3. The number of rotatable bonds is 4. The van der Waals surface area contributed by atoms with Crippen LogP contribution in [0.3, 0.4) is 0 Å². The second-order valence-electron chi connectivity index (χ2n) is 6.73. The Morgan fingerprint density at radius 3 is 2.25 bits per heavy atom. The summed E-state index contributed by atoms with van der Waals surface area (Å²) in [6, 6.07) is 20.6. The van der Waals surface area contributed by atoms with Crippen molar-refractivity contribution in [3.8, 4) is 5.75 Å². The van der Waals surface area contributed by atoms with Crippen molar-refractivity contribution in [2.75, 3.05) is 4.90 Å². The summed E-state index contributed by atoms with van der Waals surface area (Å²) in [5.74, 6) is -2.04. The van der Waals surface area contributed by atoms with E-state index in [9.17, 15) is 19.2 Å². The molecule has 1 aliphatic rings. The van der Waals surface area contributed by atoms with Crippen molar-refractivity contribution >= 4 is 51.5 Å². The normalized spacial score (nSPS) is 15.0. The minimum Gasteiger partial charge on any atom is -0.422 e. The average molecular weight is 491 g/mol. The molecule has 32 heavy (non-hydrogen) atoms. The number of imide groups is 2. The van der Waals surface area contributed by atoms with Crippen LogP contribution in [-0.2, 0) is 9.59 Å². The molecule has 0 radical (unpaired) electrons. The molecule has 1 N–H and O–H groups in total. The van der Waals surface area contributed by atoms with Gasteiger partial charge in [-0.05, 0) is 48.5 Å². The van der Waals surface area contributed by atoms with Gasteiger partial charge in [-0.15, -0.1) is 0 Å². The highest BCUT2D eigenvalue weighted by Gasteiger charge is 2.37. The SMILES string of the molecule is O=C1NC(=O)N(c2ccc(Br)cc2)C(=O)/C1=C\c1ccccc1OC(=O)c1ccccc1. The van der Waals surface area contributed by atoms with Gasteiger partial charge in [-0.1, -0.05) is 52.3 Å². The molecule has 0 bridgehead atoms. The molecule has 4 amide bonds. The summed E-state index contributed by atoms with van der Waals surface area (Å²) in [6.45, 7) is 0.